The number of nitrogens with zero attached hydrogens (tertiary/aromatic N) is 1. The number of nitro groups is 1. The monoisotopic (exact) mass is 523 g/mol. The summed E-state index contributed by atoms with van der Waals surface area (Å²) in [7, 11) is 0. The highest BCUT2D eigenvalue weighted by Gasteiger charge is 2.48. The van der Waals surface area contributed by atoms with E-state index in [1.165, 1.54) is 13.8 Å². The highest BCUT2D eigenvalue weighted by Crippen LogP contribution is 2.41. The maximum Gasteiger partial charge on any atom is 0.416 e. The average molecular weight is 524 g/mol. The van der Waals surface area contributed by atoms with Gasteiger partial charge in [0, 0.05) is 12.1 Å². The summed E-state index contributed by atoms with van der Waals surface area (Å²) < 4.78 is 73.1. The van der Waals surface area contributed by atoms with E-state index in [-0.39, 0.29) is 25.0 Å². The molecule has 0 saturated heterocycles. The van der Waals surface area contributed by atoms with E-state index < -0.39 is 62.2 Å². The van der Waals surface area contributed by atoms with Crippen LogP contribution >= 0.6 is 11.6 Å². The first kappa shape index (κ1) is 27.6. The Morgan fingerprint density at radius 2 is 1.63 bits per heavy atom. The summed E-state index contributed by atoms with van der Waals surface area (Å²) in [5.74, 6) is -5.75. The highest BCUT2D eigenvalue weighted by atomic mass is 35.5. The van der Waals surface area contributed by atoms with Crippen LogP contribution in [0.15, 0.2) is 30.3 Å². The van der Waals surface area contributed by atoms with Gasteiger partial charge in [-0.3, -0.25) is 10.1 Å². The van der Waals surface area contributed by atoms with Crippen molar-refractivity contribution in [1.82, 2.24) is 0 Å². The molecule has 0 heterocycles. The molecule has 9 nitrogen and oxygen atoms in total. The quantitative estimate of drug-likeness (QED) is 0.140. The first-order valence-electron chi connectivity index (χ1n) is 9.80. The number of rotatable bonds is 9. The smallest absolute Gasteiger partial charge is 0.416 e. The third-order valence-electron chi connectivity index (χ3n) is 4.32. The van der Waals surface area contributed by atoms with Crippen LogP contribution in [0.25, 0.3) is 0 Å². The predicted octanol–water partition coefficient (Wildman–Crippen LogP) is 5.46. The van der Waals surface area contributed by atoms with E-state index >= 15 is 0 Å². The van der Waals surface area contributed by atoms with Crippen molar-refractivity contribution in [2.75, 3.05) is 13.2 Å². The zero-order chi connectivity index (χ0) is 26.6. The van der Waals surface area contributed by atoms with Gasteiger partial charge in [-0.1, -0.05) is 11.6 Å². The number of carbonyl (C=O) groups is 2. The Balaban J connectivity index is 2.53. The second-order valence-electron chi connectivity index (χ2n) is 6.83. The molecule has 0 aliphatic rings. The molecule has 0 bridgehead atoms. The normalized spacial score (nSPS) is 11.5. The van der Waals surface area contributed by atoms with Crippen LogP contribution < -0.4 is 9.47 Å². The molecule has 0 N–H and O–H groups in total. The first-order valence-corrected chi connectivity index (χ1v) is 10.2. The second kappa shape index (κ2) is 10.8. The minimum absolute atomic E-state index is 0.155. The lowest BCUT2D eigenvalue weighted by molar-refractivity contribution is -0.386. The molecule has 0 amide bonds. The third kappa shape index (κ3) is 6.29. The number of carbonyl (C=O) groups excluding carboxylic acids is 2. The van der Waals surface area contributed by atoms with Crippen LogP contribution in [0.3, 0.4) is 0 Å². The fourth-order valence-corrected chi connectivity index (χ4v) is 2.90. The summed E-state index contributed by atoms with van der Waals surface area (Å²) >= 11 is 5.74. The van der Waals surface area contributed by atoms with Gasteiger partial charge in [0.15, 0.2) is 11.6 Å². The maximum atomic E-state index is 14.3. The number of hydrogen-bond acceptors (Lipinski definition) is 8. The van der Waals surface area contributed by atoms with Crippen LogP contribution in [0, 0.1) is 15.9 Å². The highest BCUT2D eigenvalue weighted by molar-refractivity contribution is 6.32. The van der Waals surface area contributed by atoms with Crippen LogP contribution in [-0.2, 0) is 25.2 Å². The summed E-state index contributed by atoms with van der Waals surface area (Å²) in [6.07, 6.45) is -4.87. The standard InChI is InChI=1S/C21H18ClF4NO8/c1-4-32-18(28)20(3,19(29)33-5-2)35-16-10-12(6-7-15(16)27(30)31)34-17-13(22)8-11(9-14(17)23)21(24,25)26/h6-10H,4-5H2,1-3H3. The fourth-order valence-electron chi connectivity index (χ4n) is 2.65. The molecule has 2 aromatic rings. The average Bonchev–Trinajstić information content (AvgIpc) is 2.75. The fraction of sp³-hybridized carbons (Fsp3) is 0.333. The van der Waals surface area contributed by atoms with Crippen molar-refractivity contribution in [3.05, 3.63) is 56.8 Å². The van der Waals surface area contributed by atoms with E-state index in [0.717, 1.165) is 25.1 Å². The van der Waals surface area contributed by atoms with Gasteiger partial charge in [-0.15, -0.1) is 0 Å². The van der Waals surface area contributed by atoms with Gasteiger partial charge in [0.1, 0.15) is 5.75 Å². The Bertz CT molecular complexity index is 1100. The molecule has 2 rings (SSSR count). The Morgan fingerprint density at radius 3 is 2.09 bits per heavy atom. The van der Waals surface area contributed by atoms with Crippen molar-refractivity contribution >= 4 is 29.2 Å². The number of benzene rings is 2. The Morgan fingerprint density at radius 1 is 1.06 bits per heavy atom. The van der Waals surface area contributed by atoms with Crippen molar-refractivity contribution in [3.63, 3.8) is 0 Å². The zero-order valence-corrected chi connectivity index (χ0v) is 19.2. The minimum atomic E-state index is -4.87. The van der Waals surface area contributed by atoms with Crippen LogP contribution in [0.5, 0.6) is 17.2 Å². The molecule has 0 unspecified atom stereocenters. The number of nitro benzene ring substituents is 1. The molecule has 35 heavy (non-hydrogen) atoms. The van der Waals surface area contributed by atoms with Gasteiger partial charge in [-0.2, -0.15) is 13.2 Å². The van der Waals surface area contributed by atoms with Gasteiger partial charge >= 0.3 is 23.8 Å². The number of hydrogen-bond donors (Lipinski definition) is 0. The molecule has 0 spiro atoms. The number of alkyl halides is 3. The van der Waals surface area contributed by atoms with Crippen molar-refractivity contribution in [1.29, 1.82) is 0 Å². The van der Waals surface area contributed by atoms with Gasteiger partial charge < -0.3 is 18.9 Å². The SMILES string of the molecule is CCOC(=O)C(C)(Oc1cc(Oc2c(F)cc(C(F)(F)F)cc2Cl)ccc1[N+](=O)[O-])C(=O)OCC. The van der Waals surface area contributed by atoms with E-state index in [2.05, 4.69) is 0 Å². The predicted molar refractivity (Wildman–Crippen MR) is 112 cm³/mol. The zero-order valence-electron chi connectivity index (χ0n) is 18.4. The van der Waals surface area contributed by atoms with E-state index in [0.29, 0.717) is 6.07 Å². The number of esters is 2. The lowest BCUT2D eigenvalue weighted by Crippen LogP contribution is -2.51. The molecule has 0 radical (unpaired) electrons. The molecule has 2 aromatic carbocycles. The summed E-state index contributed by atoms with van der Waals surface area (Å²) in [6, 6.07) is 3.23. The number of halogens is 5. The molecule has 14 heteroatoms. The largest absolute Gasteiger partial charge is 0.463 e. The van der Waals surface area contributed by atoms with Gasteiger partial charge in [0.05, 0.1) is 28.7 Å². The van der Waals surface area contributed by atoms with Gasteiger partial charge in [-0.05, 0) is 39.0 Å². The molecular formula is C21H18ClF4NO8. The second-order valence-corrected chi connectivity index (χ2v) is 7.24. The lowest BCUT2D eigenvalue weighted by Gasteiger charge is -2.26. The van der Waals surface area contributed by atoms with E-state index in [1.807, 2.05) is 0 Å². The molecule has 0 aliphatic carbocycles. The molecule has 0 saturated carbocycles. The summed E-state index contributed by atoms with van der Waals surface area (Å²) in [5.41, 5.74) is -4.57. The Labute approximate surface area is 200 Å². The van der Waals surface area contributed by atoms with Crippen LogP contribution in [-0.4, -0.2) is 35.7 Å². The topological polar surface area (TPSA) is 114 Å². The van der Waals surface area contributed by atoms with Gasteiger partial charge in [-0.25, -0.2) is 14.0 Å². The first-order chi connectivity index (χ1) is 16.2. The molecule has 190 valence electrons. The van der Waals surface area contributed by atoms with Gasteiger partial charge in [0.2, 0.25) is 5.75 Å². The summed E-state index contributed by atoms with van der Waals surface area (Å²) in [4.78, 5) is 35.4. The van der Waals surface area contributed by atoms with Crippen LogP contribution in [0.1, 0.15) is 26.3 Å². The Kier molecular flexibility index (Phi) is 8.50. The minimum Gasteiger partial charge on any atom is -0.463 e. The van der Waals surface area contributed by atoms with Crippen molar-refractivity contribution < 1.29 is 51.0 Å². The maximum absolute atomic E-state index is 14.3. The van der Waals surface area contributed by atoms with E-state index in [1.54, 1.807) is 0 Å². The third-order valence-corrected chi connectivity index (χ3v) is 4.60. The van der Waals surface area contributed by atoms with Gasteiger partial charge in [0.25, 0.3) is 5.60 Å². The van der Waals surface area contributed by atoms with Crippen LogP contribution in [0.2, 0.25) is 5.02 Å². The number of ether oxygens (including phenoxy) is 4. The molecular weight excluding hydrogens is 506 g/mol. The van der Waals surface area contributed by atoms with Crippen molar-refractivity contribution in [2.45, 2.75) is 32.5 Å². The van der Waals surface area contributed by atoms with E-state index in [4.69, 9.17) is 30.5 Å². The summed E-state index contributed by atoms with van der Waals surface area (Å²) in [6.45, 7) is 3.54. The molecule has 0 fully saturated rings. The lowest BCUT2D eigenvalue weighted by atomic mass is 10.1. The van der Waals surface area contributed by atoms with Crippen molar-refractivity contribution in [3.8, 4) is 17.2 Å². The molecule has 0 atom stereocenters. The van der Waals surface area contributed by atoms with Crippen molar-refractivity contribution in [2.24, 2.45) is 0 Å². The van der Waals surface area contributed by atoms with Crippen LogP contribution in [0.4, 0.5) is 23.2 Å². The summed E-state index contributed by atoms with van der Waals surface area (Å²) in [5, 5.41) is 10.7. The molecule has 0 aromatic heterocycles. The Hall–Kier alpha value is -3.61. The molecule has 0 aliphatic heterocycles. The van der Waals surface area contributed by atoms with E-state index in [9.17, 15) is 37.3 Å².